The Morgan fingerprint density at radius 1 is 1.00 bits per heavy atom. The van der Waals surface area contributed by atoms with Crippen LogP contribution in [0.3, 0.4) is 0 Å². The first-order valence-electron chi connectivity index (χ1n) is 10.2. The van der Waals surface area contributed by atoms with E-state index in [9.17, 15) is 9.90 Å². The molecule has 5 rings (SSSR count). The van der Waals surface area contributed by atoms with Crippen LogP contribution >= 0.6 is 11.6 Å². The minimum Gasteiger partial charge on any atom is -0.378 e. The SMILES string of the molecule is Cn1cc(-c2ccc3ncnc(-c4ccc(NC(=O)C(O)c5ccc(Cl)cc5)cc4)n23)cn1. The summed E-state index contributed by atoms with van der Waals surface area (Å²) >= 11 is 5.87. The lowest BCUT2D eigenvalue weighted by atomic mass is 10.1. The predicted molar refractivity (Wildman–Crippen MR) is 126 cm³/mol. The summed E-state index contributed by atoms with van der Waals surface area (Å²) in [5.41, 5.74) is 4.52. The summed E-state index contributed by atoms with van der Waals surface area (Å²) in [6.45, 7) is 0. The molecule has 1 unspecified atom stereocenters. The summed E-state index contributed by atoms with van der Waals surface area (Å²) < 4.78 is 3.71. The van der Waals surface area contributed by atoms with Crippen LogP contribution in [0.25, 0.3) is 28.3 Å². The number of nitrogens with one attached hydrogen (secondary N) is 1. The smallest absolute Gasteiger partial charge is 0.257 e. The Balaban J connectivity index is 1.41. The summed E-state index contributed by atoms with van der Waals surface area (Å²) in [4.78, 5) is 21.3. The molecule has 0 fully saturated rings. The van der Waals surface area contributed by atoms with E-state index in [2.05, 4.69) is 20.4 Å². The molecule has 0 aliphatic heterocycles. The number of halogens is 1. The Labute approximate surface area is 194 Å². The van der Waals surface area contributed by atoms with Crippen molar-refractivity contribution in [2.75, 3.05) is 5.32 Å². The van der Waals surface area contributed by atoms with E-state index in [0.717, 1.165) is 22.5 Å². The van der Waals surface area contributed by atoms with Crippen molar-refractivity contribution >= 4 is 28.8 Å². The Morgan fingerprint density at radius 2 is 1.76 bits per heavy atom. The number of fused-ring (bicyclic) bond motifs is 1. The third kappa shape index (κ3) is 4.09. The average Bonchev–Trinajstić information content (AvgIpc) is 3.45. The third-order valence-electron chi connectivity index (χ3n) is 5.29. The Bertz CT molecular complexity index is 1440. The van der Waals surface area contributed by atoms with E-state index in [1.54, 1.807) is 47.3 Å². The van der Waals surface area contributed by atoms with Crippen LogP contribution in [0.5, 0.6) is 0 Å². The lowest BCUT2D eigenvalue weighted by Gasteiger charge is -2.13. The van der Waals surface area contributed by atoms with Gasteiger partial charge in [0, 0.05) is 35.1 Å². The lowest BCUT2D eigenvalue weighted by Crippen LogP contribution is -2.20. The van der Waals surface area contributed by atoms with Gasteiger partial charge in [0.1, 0.15) is 17.8 Å². The maximum atomic E-state index is 12.5. The number of anilines is 1. The Morgan fingerprint density at radius 3 is 2.45 bits per heavy atom. The van der Waals surface area contributed by atoms with Gasteiger partial charge < -0.3 is 10.4 Å². The molecule has 2 N–H and O–H groups in total. The molecule has 0 aliphatic carbocycles. The highest BCUT2D eigenvalue weighted by Gasteiger charge is 2.18. The number of aryl methyl sites for hydroxylation is 1. The van der Waals surface area contributed by atoms with E-state index in [-0.39, 0.29) is 0 Å². The van der Waals surface area contributed by atoms with E-state index >= 15 is 0 Å². The fourth-order valence-corrected chi connectivity index (χ4v) is 3.77. The second-order valence-electron chi connectivity index (χ2n) is 7.53. The van der Waals surface area contributed by atoms with Gasteiger partial charge in [0.15, 0.2) is 6.10 Å². The normalized spacial score (nSPS) is 12.1. The number of aromatic nitrogens is 5. The first-order chi connectivity index (χ1) is 16.0. The summed E-state index contributed by atoms with van der Waals surface area (Å²) in [5, 5.41) is 17.9. The highest BCUT2D eigenvalue weighted by atomic mass is 35.5. The molecule has 5 aromatic rings. The van der Waals surface area contributed by atoms with E-state index in [1.165, 1.54) is 6.33 Å². The average molecular weight is 459 g/mol. The van der Waals surface area contributed by atoms with Crippen LogP contribution in [-0.4, -0.2) is 35.2 Å². The molecule has 3 heterocycles. The molecule has 0 saturated heterocycles. The molecule has 0 saturated carbocycles. The number of rotatable bonds is 5. The van der Waals surface area contributed by atoms with Gasteiger partial charge in [0.2, 0.25) is 0 Å². The first kappa shape index (κ1) is 20.9. The maximum Gasteiger partial charge on any atom is 0.257 e. The quantitative estimate of drug-likeness (QED) is 0.413. The zero-order valence-corrected chi connectivity index (χ0v) is 18.3. The molecule has 2 aromatic carbocycles. The number of hydrogen-bond donors (Lipinski definition) is 2. The summed E-state index contributed by atoms with van der Waals surface area (Å²) in [6.07, 6.45) is 3.95. The van der Waals surface area contributed by atoms with Gasteiger partial charge in [-0.15, -0.1) is 0 Å². The molecule has 1 amide bonds. The molecule has 1 atom stereocenters. The molecule has 164 valence electrons. The second-order valence-corrected chi connectivity index (χ2v) is 7.97. The van der Waals surface area contributed by atoms with Crippen molar-refractivity contribution in [1.82, 2.24) is 24.1 Å². The Hall–Kier alpha value is -4.01. The van der Waals surface area contributed by atoms with Crippen molar-refractivity contribution in [3.8, 4) is 22.6 Å². The lowest BCUT2D eigenvalue weighted by molar-refractivity contribution is -0.124. The summed E-state index contributed by atoms with van der Waals surface area (Å²) in [6, 6.07) is 17.7. The van der Waals surface area contributed by atoms with Gasteiger partial charge in [-0.2, -0.15) is 5.10 Å². The fraction of sp³-hybridized carbons (Fsp3) is 0.0833. The molecule has 0 radical (unpaired) electrons. The van der Waals surface area contributed by atoms with E-state index in [0.29, 0.717) is 22.1 Å². The number of aliphatic hydroxyl groups excluding tert-OH is 1. The number of aliphatic hydroxyl groups is 1. The first-order valence-corrected chi connectivity index (χ1v) is 10.5. The zero-order chi connectivity index (χ0) is 22.9. The second kappa shape index (κ2) is 8.50. The van der Waals surface area contributed by atoms with Gasteiger partial charge in [-0.25, -0.2) is 9.97 Å². The molecule has 0 bridgehead atoms. The van der Waals surface area contributed by atoms with Crippen LogP contribution in [0, 0.1) is 0 Å². The van der Waals surface area contributed by atoms with Crippen LogP contribution in [0.15, 0.2) is 79.4 Å². The highest BCUT2D eigenvalue weighted by Crippen LogP contribution is 2.27. The van der Waals surface area contributed by atoms with Crippen LogP contribution in [-0.2, 0) is 11.8 Å². The molecule has 0 spiro atoms. The van der Waals surface area contributed by atoms with Gasteiger partial charge in [0.05, 0.1) is 11.9 Å². The number of carbonyl (C=O) groups is 1. The molecule has 9 heteroatoms. The monoisotopic (exact) mass is 458 g/mol. The molecule has 33 heavy (non-hydrogen) atoms. The topological polar surface area (TPSA) is 97.3 Å². The number of benzene rings is 2. The minimum absolute atomic E-state index is 0.465. The molecule has 0 aliphatic rings. The van der Waals surface area contributed by atoms with Gasteiger partial charge in [-0.05, 0) is 54.1 Å². The number of carbonyl (C=O) groups excluding carboxylic acids is 1. The third-order valence-corrected chi connectivity index (χ3v) is 5.54. The predicted octanol–water partition coefficient (Wildman–Crippen LogP) is 4.12. The number of hydrogen-bond acceptors (Lipinski definition) is 5. The van der Waals surface area contributed by atoms with Crippen LogP contribution < -0.4 is 5.32 Å². The van der Waals surface area contributed by atoms with Crippen molar-refractivity contribution in [3.63, 3.8) is 0 Å². The fourth-order valence-electron chi connectivity index (χ4n) is 3.64. The highest BCUT2D eigenvalue weighted by molar-refractivity contribution is 6.30. The molecular formula is C24H19ClN6O2. The molecular weight excluding hydrogens is 440 g/mol. The Kier molecular flexibility index (Phi) is 5.37. The van der Waals surface area contributed by atoms with E-state index < -0.39 is 12.0 Å². The van der Waals surface area contributed by atoms with Gasteiger partial charge in [-0.3, -0.25) is 13.9 Å². The van der Waals surface area contributed by atoms with Gasteiger partial charge in [0.25, 0.3) is 5.91 Å². The molecule has 8 nitrogen and oxygen atoms in total. The van der Waals surface area contributed by atoms with Crippen LogP contribution in [0.1, 0.15) is 11.7 Å². The van der Waals surface area contributed by atoms with Crippen molar-refractivity contribution in [1.29, 1.82) is 0 Å². The zero-order valence-electron chi connectivity index (χ0n) is 17.6. The minimum atomic E-state index is -1.30. The maximum absolute atomic E-state index is 12.5. The van der Waals surface area contributed by atoms with Crippen molar-refractivity contribution in [2.24, 2.45) is 7.05 Å². The van der Waals surface area contributed by atoms with Crippen molar-refractivity contribution in [2.45, 2.75) is 6.10 Å². The van der Waals surface area contributed by atoms with E-state index in [4.69, 9.17) is 11.6 Å². The number of amides is 1. The largest absolute Gasteiger partial charge is 0.378 e. The molecule has 3 aromatic heterocycles. The van der Waals surface area contributed by atoms with Crippen molar-refractivity contribution < 1.29 is 9.90 Å². The van der Waals surface area contributed by atoms with Gasteiger partial charge >= 0.3 is 0 Å². The number of nitrogens with zero attached hydrogens (tertiary/aromatic N) is 5. The standard InChI is InChI=1S/C24H19ClN6O2/c1-30-13-17(12-28-30)20-10-11-21-26-14-27-23(31(20)21)16-4-8-19(9-5-16)29-24(33)22(32)15-2-6-18(25)7-3-15/h2-14,22,32H,1H3,(H,29,33). The summed E-state index contributed by atoms with van der Waals surface area (Å²) in [7, 11) is 1.87. The summed E-state index contributed by atoms with van der Waals surface area (Å²) in [5.74, 6) is 0.182. The van der Waals surface area contributed by atoms with Crippen LogP contribution in [0.2, 0.25) is 5.02 Å². The van der Waals surface area contributed by atoms with Gasteiger partial charge in [-0.1, -0.05) is 23.7 Å². The van der Waals surface area contributed by atoms with E-state index in [1.807, 2.05) is 41.9 Å². The van der Waals surface area contributed by atoms with Crippen LogP contribution in [0.4, 0.5) is 5.69 Å². The van der Waals surface area contributed by atoms with Crippen molar-refractivity contribution in [3.05, 3.63) is 90.0 Å².